The molecule has 2 aromatic rings. The molecule has 6 heteroatoms. The fourth-order valence-electron chi connectivity index (χ4n) is 4.26. The molecular weight excluding hydrogens is 358 g/mol. The molecule has 2 aliphatic rings. The number of carbonyl (C=O) groups is 1. The fraction of sp³-hybridized carbons (Fsp3) is 0.364. The molecule has 6 nitrogen and oxygen atoms in total. The second-order valence-corrected chi connectivity index (χ2v) is 7.30. The van der Waals surface area contributed by atoms with E-state index in [2.05, 4.69) is 0 Å². The predicted molar refractivity (Wildman–Crippen MR) is 105 cm³/mol. The molecular formula is C22H23NO5. The van der Waals surface area contributed by atoms with Gasteiger partial charge in [-0.05, 0) is 49.1 Å². The number of rotatable bonds is 4. The van der Waals surface area contributed by atoms with Gasteiger partial charge in [-0.15, -0.1) is 0 Å². The molecule has 0 amide bonds. The van der Waals surface area contributed by atoms with Crippen molar-refractivity contribution in [1.82, 2.24) is 0 Å². The zero-order valence-electron chi connectivity index (χ0n) is 15.9. The molecule has 0 radical (unpaired) electrons. The van der Waals surface area contributed by atoms with Crippen LogP contribution in [0.25, 0.3) is 0 Å². The molecule has 1 aliphatic heterocycles. The van der Waals surface area contributed by atoms with Crippen LogP contribution < -0.4 is 9.47 Å². The van der Waals surface area contributed by atoms with Gasteiger partial charge in [0.05, 0.1) is 37.6 Å². The molecule has 0 bridgehead atoms. The van der Waals surface area contributed by atoms with Gasteiger partial charge in [-0.25, -0.2) is 4.79 Å². The Labute approximate surface area is 163 Å². The molecule has 2 aromatic carbocycles. The van der Waals surface area contributed by atoms with Crippen LogP contribution >= 0.6 is 0 Å². The summed E-state index contributed by atoms with van der Waals surface area (Å²) in [5, 5.41) is 19.4. The Hall–Kier alpha value is -2.86. The summed E-state index contributed by atoms with van der Waals surface area (Å²) in [5.41, 5.74) is 3.96. The number of hydrogen-bond donors (Lipinski definition) is 2. The SMILES string of the molecule is COc1cc2c(cc1OC)C1CC(O)CCC1N=C2c1ccc(C(=O)O)cc1. The van der Waals surface area contributed by atoms with Crippen LogP contribution in [-0.2, 0) is 0 Å². The Morgan fingerprint density at radius 2 is 1.75 bits per heavy atom. The Morgan fingerprint density at radius 1 is 1.07 bits per heavy atom. The van der Waals surface area contributed by atoms with Gasteiger partial charge in [0.15, 0.2) is 11.5 Å². The highest BCUT2D eigenvalue weighted by Crippen LogP contribution is 2.44. The van der Waals surface area contributed by atoms with E-state index in [1.54, 1.807) is 38.5 Å². The van der Waals surface area contributed by atoms with E-state index in [4.69, 9.17) is 19.6 Å². The molecule has 4 rings (SSSR count). The van der Waals surface area contributed by atoms with Crippen LogP contribution in [0.5, 0.6) is 11.5 Å². The first-order chi connectivity index (χ1) is 13.5. The average Bonchev–Trinajstić information content (AvgIpc) is 2.72. The molecule has 146 valence electrons. The quantitative estimate of drug-likeness (QED) is 0.849. The van der Waals surface area contributed by atoms with E-state index in [0.29, 0.717) is 17.9 Å². The fourth-order valence-corrected chi connectivity index (χ4v) is 4.26. The van der Waals surface area contributed by atoms with Crippen LogP contribution in [0.15, 0.2) is 41.4 Å². The molecule has 1 saturated carbocycles. The predicted octanol–water partition coefficient (Wildman–Crippen LogP) is 3.25. The minimum absolute atomic E-state index is 0.0863. The maximum absolute atomic E-state index is 11.2. The van der Waals surface area contributed by atoms with E-state index in [-0.39, 0.29) is 23.6 Å². The first kappa shape index (κ1) is 18.5. The maximum Gasteiger partial charge on any atom is 0.335 e. The highest BCUT2D eigenvalue weighted by Gasteiger charge is 2.37. The molecule has 3 unspecified atom stereocenters. The van der Waals surface area contributed by atoms with Gasteiger partial charge in [-0.3, -0.25) is 4.99 Å². The first-order valence-electron chi connectivity index (χ1n) is 9.37. The zero-order valence-corrected chi connectivity index (χ0v) is 15.9. The van der Waals surface area contributed by atoms with Crippen LogP contribution in [0.2, 0.25) is 0 Å². The van der Waals surface area contributed by atoms with E-state index < -0.39 is 5.97 Å². The summed E-state index contributed by atoms with van der Waals surface area (Å²) in [6.07, 6.45) is 1.89. The van der Waals surface area contributed by atoms with E-state index in [9.17, 15) is 9.90 Å². The Bertz CT molecular complexity index is 935. The molecule has 1 heterocycles. The van der Waals surface area contributed by atoms with Crippen molar-refractivity contribution in [3.63, 3.8) is 0 Å². The number of benzene rings is 2. The number of aliphatic hydroxyl groups excluding tert-OH is 1. The van der Waals surface area contributed by atoms with Gasteiger partial charge in [0.1, 0.15) is 0 Å². The van der Waals surface area contributed by atoms with Crippen molar-refractivity contribution in [3.05, 3.63) is 58.7 Å². The van der Waals surface area contributed by atoms with Crippen molar-refractivity contribution >= 4 is 11.7 Å². The smallest absolute Gasteiger partial charge is 0.335 e. The molecule has 1 aliphatic carbocycles. The standard InChI is InChI=1S/C22H23NO5/c1-27-19-10-15-16-9-14(24)7-8-18(16)23-21(17(15)11-20(19)28-2)12-3-5-13(6-4-12)22(25)26/h3-6,10-11,14,16,18,24H,7-9H2,1-2H3,(H,25,26). The van der Waals surface area contributed by atoms with Crippen molar-refractivity contribution in [3.8, 4) is 11.5 Å². The third-order valence-corrected chi connectivity index (χ3v) is 5.70. The maximum atomic E-state index is 11.2. The van der Waals surface area contributed by atoms with E-state index in [1.807, 2.05) is 12.1 Å². The number of methoxy groups -OCH3 is 2. The molecule has 3 atom stereocenters. The van der Waals surface area contributed by atoms with Gasteiger partial charge in [-0.2, -0.15) is 0 Å². The number of nitrogens with zero attached hydrogens (tertiary/aromatic N) is 1. The lowest BCUT2D eigenvalue weighted by molar-refractivity contribution is 0.0697. The molecule has 0 aromatic heterocycles. The molecule has 0 saturated heterocycles. The zero-order chi connectivity index (χ0) is 19.8. The normalized spacial score (nSPS) is 23.2. The average molecular weight is 381 g/mol. The lowest BCUT2D eigenvalue weighted by Gasteiger charge is -2.37. The lowest BCUT2D eigenvalue weighted by atomic mass is 9.74. The monoisotopic (exact) mass is 381 g/mol. The summed E-state index contributed by atoms with van der Waals surface area (Å²) in [6.45, 7) is 0. The molecule has 2 N–H and O–H groups in total. The van der Waals surface area contributed by atoms with Crippen LogP contribution in [0.3, 0.4) is 0 Å². The second kappa shape index (κ2) is 7.28. The second-order valence-electron chi connectivity index (χ2n) is 7.30. The van der Waals surface area contributed by atoms with Crippen LogP contribution in [0.1, 0.15) is 52.2 Å². The highest BCUT2D eigenvalue weighted by atomic mass is 16.5. The third-order valence-electron chi connectivity index (χ3n) is 5.70. The van der Waals surface area contributed by atoms with Gasteiger partial charge in [0.25, 0.3) is 0 Å². The largest absolute Gasteiger partial charge is 0.493 e. The molecule has 1 fully saturated rings. The molecule has 28 heavy (non-hydrogen) atoms. The minimum Gasteiger partial charge on any atom is -0.493 e. The van der Waals surface area contributed by atoms with Gasteiger partial charge >= 0.3 is 5.97 Å². The summed E-state index contributed by atoms with van der Waals surface area (Å²) in [4.78, 5) is 16.2. The van der Waals surface area contributed by atoms with Crippen LogP contribution in [0.4, 0.5) is 0 Å². The number of ether oxygens (including phenoxy) is 2. The van der Waals surface area contributed by atoms with Crippen molar-refractivity contribution in [1.29, 1.82) is 0 Å². The van der Waals surface area contributed by atoms with Gasteiger partial charge < -0.3 is 19.7 Å². The summed E-state index contributed by atoms with van der Waals surface area (Å²) < 4.78 is 11.0. The van der Waals surface area contributed by atoms with Crippen molar-refractivity contribution < 1.29 is 24.5 Å². The van der Waals surface area contributed by atoms with Crippen molar-refractivity contribution in [2.24, 2.45) is 4.99 Å². The Kier molecular flexibility index (Phi) is 4.81. The van der Waals surface area contributed by atoms with Gasteiger partial charge in [-0.1, -0.05) is 12.1 Å². The number of aliphatic hydroxyl groups is 1. The van der Waals surface area contributed by atoms with E-state index in [1.165, 1.54) is 0 Å². The number of carboxylic acids is 1. The highest BCUT2D eigenvalue weighted by molar-refractivity contribution is 6.15. The third kappa shape index (κ3) is 3.14. The first-order valence-corrected chi connectivity index (χ1v) is 9.37. The Morgan fingerprint density at radius 3 is 2.39 bits per heavy atom. The number of hydrogen-bond acceptors (Lipinski definition) is 5. The number of carboxylic acid groups (broad SMARTS) is 1. The number of aliphatic imine (C=N–C) groups is 1. The molecule has 0 spiro atoms. The van der Waals surface area contributed by atoms with Gasteiger partial charge in [0.2, 0.25) is 0 Å². The van der Waals surface area contributed by atoms with Crippen molar-refractivity contribution in [2.75, 3.05) is 14.2 Å². The van der Waals surface area contributed by atoms with E-state index in [0.717, 1.165) is 35.2 Å². The summed E-state index contributed by atoms with van der Waals surface area (Å²) in [6, 6.07) is 10.8. The summed E-state index contributed by atoms with van der Waals surface area (Å²) >= 11 is 0. The minimum atomic E-state index is -0.953. The summed E-state index contributed by atoms with van der Waals surface area (Å²) in [5.74, 6) is 0.444. The van der Waals surface area contributed by atoms with Crippen LogP contribution in [0, 0.1) is 0 Å². The summed E-state index contributed by atoms with van der Waals surface area (Å²) in [7, 11) is 3.21. The van der Waals surface area contributed by atoms with Crippen LogP contribution in [-0.4, -0.2) is 48.3 Å². The van der Waals surface area contributed by atoms with Crippen molar-refractivity contribution in [2.45, 2.75) is 37.3 Å². The number of aromatic carboxylic acids is 1. The van der Waals surface area contributed by atoms with E-state index >= 15 is 0 Å². The Balaban J connectivity index is 1.86. The number of fused-ring (bicyclic) bond motifs is 3. The topological polar surface area (TPSA) is 88.4 Å². The van der Waals surface area contributed by atoms with Gasteiger partial charge in [0, 0.05) is 17.0 Å². The lowest BCUT2D eigenvalue weighted by Crippen LogP contribution is -2.34.